The van der Waals surface area contributed by atoms with E-state index in [9.17, 15) is 55.7 Å². The zero-order chi connectivity index (χ0) is 36.3. The number of nitrogens with one attached hydrogen (secondary N) is 2. The van der Waals surface area contributed by atoms with Gasteiger partial charge in [-0.3, -0.25) is 9.59 Å². The summed E-state index contributed by atoms with van der Waals surface area (Å²) in [5, 5.41) is 23.4. The Balaban J connectivity index is 1.69. The first-order valence-corrected chi connectivity index (χ1v) is 13.6. The van der Waals surface area contributed by atoms with Gasteiger partial charge in [-0.2, -0.15) is 26.3 Å². The first-order valence-electron chi connectivity index (χ1n) is 13.6. The lowest BCUT2D eigenvalue weighted by molar-refractivity contribution is -0.288. The van der Waals surface area contributed by atoms with E-state index in [-0.39, 0.29) is 33.6 Å². The van der Waals surface area contributed by atoms with Crippen molar-refractivity contribution >= 4 is 35.1 Å². The molecule has 0 aliphatic rings. The van der Waals surface area contributed by atoms with Gasteiger partial charge in [0.25, 0.3) is 11.8 Å². The molecule has 0 aliphatic carbocycles. The topological polar surface area (TPSA) is 133 Å². The fourth-order valence-electron chi connectivity index (χ4n) is 5.00. The number of amides is 2. The second kappa shape index (κ2) is 13.3. The smallest absolute Gasteiger partial charge is 0.411 e. The number of aromatic carboxylic acids is 2. The molecule has 0 fully saturated rings. The molecule has 0 aliphatic heterocycles. The number of halogens is 6. The predicted octanol–water partition coefficient (Wildman–Crippen LogP) is 6.96. The van der Waals surface area contributed by atoms with E-state index in [0.29, 0.717) is 24.3 Å². The van der Waals surface area contributed by atoms with Crippen LogP contribution < -0.4 is 10.6 Å². The number of hydrogen-bond acceptors (Lipinski definition) is 4. The Morgan fingerprint density at radius 1 is 0.531 bits per heavy atom. The zero-order valence-corrected chi connectivity index (χ0v) is 24.5. The van der Waals surface area contributed by atoms with Crippen molar-refractivity contribution in [2.45, 2.75) is 17.8 Å². The molecule has 8 nitrogen and oxygen atoms in total. The minimum Gasteiger partial charge on any atom is -0.478 e. The summed E-state index contributed by atoms with van der Waals surface area (Å²) >= 11 is 0. The quantitative estimate of drug-likeness (QED) is 0.118. The van der Waals surface area contributed by atoms with Crippen molar-refractivity contribution in [3.63, 3.8) is 0 Å². The maximum Gasteiger partial charge on any atom is 0.411 e. The molecular formula is C35H20F6N2O6. The van der Waals surface area contributed by atoms with Crippen LogP contribution in [0.4, 0.5) is 37.7 Å². The lowest BCUT2D eigenvalue weighted by Crippen LogP contribution is -2.54. The van der Waals surface area contributed by atoms with Crippen molar-refractivity contribution in [1.29, 1.82) is 0 Å². The Morgan fingerprint density at radius 2 is 0.857 bits per heavy atom. The summed E-state index contributed by atoms with van der Waals surface area (Å²) < 4.78 is 88.0. The summed E-state index contributed by atoms with van der Waals surface area (Å²) in [5.74, 6) is -0.656. The van der Waals surface area contributed by atoms with Crippen LogP contribution in [0.25, 0.3) is 0 Å². The summed E-state index contributed by atoms with van der Waals surface area (Å²) in [6.07, 6.45) is -1.44. The third-order valence-corrected chi connectivity index (χ3v) is 7.32. The van der Waals surface area contributed by atoms with Crippen LogP contribution in [0.15, 0.2) is 84.9 Å². The largest absolute Gasteiger partial charge is 0.478 e. The fourth-order valence-corrected chi connectivity index (χ4v) is 5.00. The van der Waals surface area contributed by atoms with Crippen LogP contribution in [-0.2, 0) is 5.41 Å². The standard InChI is InChI=1S/C35H20F6N2O6/c1-3-19-5-15-25(27(17-19)31(46)47)29(44)42-23-11-7-21(8-12-23)33(34(36,37)38,35(39,40)41)22-9-13-24(14-10-22)43-30(45)26-16-6-20(4-2)18-28(26)32(48)49/h1-2,5-18H,(H,42,44)(H,43,45)(H,46,47)(H,48,49). The number of terminal acetylenes is 2. The average molecular weight is 679 g/mol. The monoisotopic (exact) mass is 678 g/mol. The molecule has 0 bridgehead atoms. The lowest BCUT2D eigenvalue weighted by atomic mass is 9.73. The molecule has 0 atom stereocenters. The number of alkyl halides is 6. The Labute approximate surface area is 273 Å². The summed E-state index contributed by atoms with van der Waals surface area (Å²) in [5.41, 5.74) is -9.05. The SMILES string of the molecule is C#Cc1ccc(C(=O)Nc2ccc(C(c3ccc(NC(=O)c4ccc(C#C)cc4C(=O)O)cc3)(C(F)(F)F)C(F)(F)F)cc2)c(C(=O)O)c1. The molecule has 0 heterocycles. The molecule has 0 aromatic heterocycles. The number of carbonyl (C=O) groups excluding carboxylic acids is 2. The van der Waals surface area contributed by atoms with Crippen LogP contribution in [0, 0.1) is 24.7 Å². The third kappa shape index (κ3) is 6.80. The van der Waals surface area contributed by atoms with E-state index in [4.69, 9.17) is 12.8 Å². The molecule has 14 heteroatoms. The second-order valence-corrected chi connectivity index (χ2v) is 10.2. The summed E-state index contributed by atoms with van der Waals surface area (Å²) in [6.45, 7) is 0. The third-order valence-electron chi connectivity index (χ3n) is 7.32. The Hall–Kier alpha value is -6.54. The number of anilines is 2. The zero-order valence-electron chi connectivity index (χ0n) is 24.5. The van der Waals surface area contributed by atoms with Crippen LogP contribution in [0.1, 0.15) is 63.7 Å². The molecule has 4 aromatic rings. The van der Waals surface area contributed by atoms with Gasteiger partial charge in [-0.25, -0.2) is 9.59 Å². The summed E-state index contributed by atoms with van der Waals surface area (Å²) in [7, 11) is 0. The lowest BCUT2D eigenvalue weighted by Gasteiger charge is -2.38. The average Bonchev–Trinajstić information content (AvgIpc) is 3.04. The van der Waals surface area contributed by atoms with Gasteiger partial charge in [-0.15, -0.1) is 12.8 Å². The highest BCUT2D eigenvalue weighted by Gasteiger charge is 2.72. The normalized spacial score (nSPS) is 11.5. The minimum atomic E-state index is -5.97. The van der Waals surface area contributed by atoms with E-state index in [1.54, 1.807) is 0 Å². The van der Waals surface area contributed by atoms with E-state index < -0.39 is 63.8 Å². The molecule has 49 heavy (non-hydrogen) atoms. The summed E-state index contributed by atoms with van der Waals surface area (Å²) in [4.78, 5) is 48.8. The molecule has 248 valence electrons. The van der Waals surface area contributed by atoms with Crippen molar-refractivity contribution < 1.29 is 55.7 Å². The molecule has 0 spiro atoms. The van der Waals surface area contributed by atoms with Gasteiger partial charge in [0.05, 0.1) is 22.3 Å². The van der Waals surface area contributed by atoms with Crippen molar-refractivity contribution in [3.8, 4) is 24.7 Å². The van der Waals surface area contributed by atoms with Crippen LogP contribution >= 0.6 is 0 Å². The highest BCUT2D eigenvalue weighted by atomic mass is 19.4. The first kappa shape index (κ1) is 35.3. The second-order valence-electron chi connectivity index (χ2n) is 10.2. The van der Waals surface area contributed by atoms with Gasteiger partial charge in [0, 0.05) is 22.5 Å². The number of benzene rings is 4. The molecule has 0 saturated heterocycles. The molecule has 0 unspecified atom stereocenters. The van der Waals surface area contributed by atoms with Crippen LogP contribution in [0.2, 0.25) is 0 Å². The van der Waals surface area contributed by atoms with Crippen molar-refractivity contribution in [2.75, 3.05) is 10.6 Å². The number of carboxylic acids is 2. The van der Waals surface area contributed by atoms with Gasteiger partial charge in [0.2, 0.25) is 5.41 Å². The Bertz CT molecular complexity index is 1910. The maximum atomic E-state index is 14.7. The van der Waals surface area contributed by atoms with Crippen molar-refractivity contribution in [2.24, 2.45) is 0 Å². The number of hydrogen-bond donors (Lipinski definition) is 4. The van der Waals surface area contributed by atoms with Crippen molar-refractivity contribution in [3.05, 3.63) is 129 Å². The Kier molecular flexibility index (Phi) is 9.58. The maximum absolute atomic E-state index is 14.7. The highest BCUT2D eigenvalue weighted by molar-refractivity contribution is 6.11. The van der Waals surface area contributed by atoms with Crippen LogP contribution in [0.3, 0.4) is 0 Å². The number of carboxylic acid groups (broad SMARTS) is 2. The van der Waals surface area contributed by atoms with Crippen LogP contribution in [-0.4, -0.2) is 46.3 Å². The van der Waals surface area contributed by atoms with E-state index in [1.165, 1.54) is 12.1 Å². The molecule has 4 rings (SSSR count). The molecule has 4 N–H and O–H groups in total. The molecule has 0 radical (unpaired) electrons. The Morgan fingerprint density at radius 3 is 1.12 bits per heavy atom. The van der Waals surface area contributed by atoms with Crippen molar-refractivity contribution in [1.82, 2.24) is 0 Å². The molecule has 0 saturated carbocycles. The van der Waals surface area contributed by atoms with Crippen LogP contribution in [0.5, 0.6) is 0 Å². The van der Waals surface area contributed by atoms with E-state index in [0.717, 1.165) is 48.5 Å². The van der Waals surface area contributed by atoms with Gasteiger partial charge < -0.3 is 20.8 Å². The summed E-state index contributed by atoms with van der Waals surface area (Å²) in [6, 6.07) is 12.0. The molecule has 2 amide bonds. The van der Waals surface area contributed by atoms with E-state index in [2.05, 4.69) is 22.5 Å². The van der Waals surface area contributed by atoms with E-state index in [1.807, 2.05) is 0 Å². The number of rotatable bonds is 8. The van der Waals surface area contributed by atoms with Gasteiger partial charge in [0.1, 0.15) is 0 Å². The molecular weight excluding hydrogens is 658 g/mol. The minimum absolute atomic E-state index is 0.145. The predicted molar refractivity (Wildman–Crippen MR) is 164 cm³/mol. The van der Waals surface area contributed by atoms with Gasteiger partial charge in [-0.05, 0) is 71.8 Å². The first-order chi connectivity index (χ1) is 22.9. The molecule has 4 aromatic carbocycles. The highest BCUT2D eigenvalue weighted by Crippen LogP contribution is 2.56. The van der Waals surface area contributed by atoms with E-state index >= 15 is 0 Å². The number of carbonyl (C=O) groups is 4. The van der Waals surface area contributed by atoms with Gasteiger partial charge in [-0.1, -0.05) is 36.1 Å². The van der Waals surface area contributed by atoms with Gasteiger partial charge in [0.15, 0.2) is 0 Å². The van der Waals surface area contributed by atoms with Gasteiger partial charge >= 0.3 is 24.3 Å². The fraction of sp³-hybridized carbons (Fsp3) is 0.0857.